The highest BCUT2D eigenvalue weighted by atomic mass is 16.2. The Balaban J connectivity index is 1.47. The highest BCUT2D eigenvalue weighted by Crippen LogP contribution is 2.37. The number of hydrogen-bond donors (Lipinski definition) is 0. The lowest BCUT2D eigenvalue weighted by atomic mass is 9.85. The summed E-state index contributed by atoms with van der Waals surface area (Å²) in [4.78, 5) is 30.7. The predicted molar refractivity (Wildman–Crippen MR) is 114 cm³/mol. The number of aryl methyl sites for hydroxylation is 1. The summed E-state index contributed by atoms with van der Waals surface area (Å²) in [6.07, 6.45) is 1.40. The predicted octanol–water partition coefficient (Wildman–Crippen LogP) is 3.91. The Kier molecular flexibility index (Phi) is 5.17. The maximum absolute atomic E-state index is 12.8. The van der Waals surface area contributed by atoms with Crippen LogP contribution in [-0.2, 0) is 11.3 Å². The maximum Gasteiger partial charge on any atom is 0.327 e. The van der Waals surface area contributed by atoms with Crippen LogP contribution in [0.3, 0.4) is 0 Å². The molecule has 2 saturated heterocycles. The quantitative estimate of drug-likeness (QED) is 0.742. The molecule has 2 aromatic rings. The molecule has 0 N–H and O–H groups in total. The molecule has 3 amide bonds. The smallest absolute Gasteiger partial charge is 0.310 e. The van der Waals surface area contributed by atoms with Gasteiger partial charge in [-0.25, -0.2) is 4.79 Å². The van der Waals surface area contributed by atoms with Gasteiger partial charge in [-0.15, -0.1) is 0 Å². The monoisotopic (exact) mass is 391 g/mol. The van der Waals surface area contributed by atoms with Gasteiger partial charge in [-0.05, 0) is 55.0 Å². The fraction of sp³-hybridized carbons (Fsp3) is 0.417. The van der Waals surface area contributed by atoms with Crippen molar-refractivity contribution in [3.63, 3.8) is 0 Å². The number of piperidine rings is 1. The van der Waals surface area contributed by atoms with Crippen LogP contribution in [0.5, 0.6) is 0 Å². The number of carbonyl (C=O) groups is 2. The molecule has 2 heterocycles. The topological polar surface area (TPSA) is 43.9 Å². The van der Waals surface area contributed by atoms with Crippen LogP contribution in [-0.4, -0.2) is 58.9 Å². The van der Waals surface area contributed by atoms with Gasteiger partial charge in [0.15, 0.2) is 0 Å². The van der Waals surface area contributed by atoms with Crippen LogP contribution in [0.15, 0.2) is 48.5 Å². The Hall–Kier alpha value is -2.66. The van der Waals surface area contributed by atoms with E-state index in [9.17, 15) is 9.59 Å². The molecule has 2 aliphatic heterocycles. The van der Waals surface area contributed by atoms with Gasteiger partial charge in [0.25, 0.3) is 5.91 Å². The molecule has 2 aromatic carbocycles. The second-order valence-electron chi connectivity index (χ2n) is 8.21. The summed E-state index contributed by atoms with van der Waals surface area (Å²) in [5.41, 5.74) is 4.42. The molecule has 0 radical (unpaired) electrons. The van der Waals surface area contributed by atoms with Crippen LogP contribution in [0, 0.1) is 6.92 Å². The van der Waals surface area contributed by atoms with Gasteiger partial charge in [-0.2, -0.15) is 0 Å². The molecule has 0 aliphatic carbocycles. The zero-order valence-electron chi connectivity index (χ0n) is 17.5. The van der Waals surface area contributed by atoms with Crippen LogP contribution in [0.25, 0.3) is 11.1 Å². The number of carbonyl (C=O) groups excluding carboxylic acids is 2. The third-order valence-electron chi connectivity index (χ3n) is 6.53. The number of benzene rings is 2. The number of likely N-dealkylation sites (N-methyl/N-ethyl adjacent to an activating group) is 2. The number of urea groups is 1. The van der Waals surface area contributed by atoms with Crippen molar-refractivity contribution in [1.29, 1.82) is 0 Å². The van der Waals surface area contributed by atoms with Gasteiger partial charge in [-0.3, -0.25) is 14.6 Å². The molecule has 29 heavy (non-hydrogen) atoms. The average Bonchev–Trinajstić information content (AvgIpc) is 2.91. The molecule has 0 aromatic heterocycles. The van der Waals surface area contributed by atoms with Crippen molar-refractivity contribution in [3.05, 3.63) is 59.7 Å². The molecule has 0 unspecified atom stereocenters. The molecule has 0 bridgehead atoms. The number of nitrogens with zero attached hydrogens (tertiary/aromatic N) is 3. The van der Waals surface area contributed by atoms with E-state index in [1.165, 1.54) is 27.2 Å². The Morgan fingerprint density at radius 2 is 1.72 bits per heavy atom. The van der Waals surface area contributed by atoms with Gasteiger partial charge < -0.3 is 4.90 Å². The molecule has 0 atom stereocenters. The Labute approximate surface area is 172 Å². The van der Waals surface area contributed by atoms with E-state index in [-0.39, 0.29) is 11.9 Å². The first kappa shape index (κ1) is 19.6. The normalized spacial score (nSPS) is 19.4. The molecule has 152 valence electrons. The summed E-state index contributed by atoms with van der Waals surface area (Å²) >= 11 is 0. The summed E-state index contributed by atoms with van der Waals surface area (Å²) in [6, 6.07) is 17.0. The number of imide groups is 1. The Morgan fingerprint density at radius 1 is 1.00 bits per heavy atom. The van der Waals surface area contributed by atoms with Crippen molar-refractivity contribution in [1.82, 2.24) is 14.7 Å². The van der Waals surface area contributed by atoms with Crippen LogP contribution >= 0.6 is 0 Å². The molecule has 2 fully saturated rings. The minimum Gasteiger partial charge on any atom is -0.310 e. The standard InChI is InChI=1S/C24H29N3O2/c1-4-27-23(29)25(3)22(28)24(27)12-14-26(15-13-24)17-19-9-7-10-20(16-19)21-11-6-5-8-18(21)2/h5-11,16H,4,12-15,17H2,1-3H3. The van der Waals surface area contributed by atoms with Crippen molar-refractivity contribution < 1.29 is 9.59 Å². The largest absolute Gasteiger partial charge is 0.327 e. The first-order valence-electron chi connectivity index (χ1n) is 10.4. The van der Waals surface area contributed by atoms with Crippen LogP contribution in [0.4, 0.5) is 4.79 Å². The highest BCUT2D eigenvalue weighted by Gasteiger charge is 2.56. The summed E-state index contributed by atoms with van der Waals surface area (Å²) < 4.78 is 0. The minimum atomic E-state index is -0.639. The van der Waals surface area contributed by atoms with E-state index >= 15 is 0 Å². The summed E-state index contributed by atoms with van der Waals surface area (Å²) in [6.45, 7) is 7.17. The molecular weight excluding hydrogens is 362 g/mol. The van der Waals surface area contributed by atoms with Crippen molar-refractivity contribution >= 4 is 11.9 Å². The first-order chi connectivity index (χ1) is 14.0. The number of amides is 3. The summed E-state index contributed by atoms with van der Waals surface area (Å²) in [5, 5.41) is 0. The number of likely N-dealkylation sites (tertiary alicyclic amines) is 1. The van der Waals surface area contributed by atoms with Crippen LogP contribution < -0.4 is 0 Å². The van der Waals surface area contributed by atoms with Gasteiger partial charge in [0, 0.05) is 33.2 Å². The highest BCUT2D eigenvalue weighted by molar-refractivity contribution is 6.06. The van der Waals surface area contributed by atoms with E-state index in [1.54, 1.807) is 11.9 Å². The summed E-state index contributed by atoms with van der Waals surface area (Å²) in [5.74, 6) is -0.0365. The molecule has 5 nitrogen and oxygen atoms in total. The SMILES string of the molecule is CCN1C(=O)N(C)C(=O)C12CCN(Cc1cccc(-c3ccccc3C)c1)CC2. The third-order valence-corrected chi connectivity index (χ3v) is 6.53. The Morgan fingerprint density at radius 3 is 2.41 bits per heavy atom. The minimum absolute atomic E-state index is 0.0365. The lowest BCUT2D eigenvalue weighted by molar-refractivity contribution is -0.134. The number of hydrogen-bond acceptors (Lipinski definition) is 3. The van der Waals surface area contributed by atoms with Crippen LogP contribution in [0.2, 0.25) is 0 Å². The van der Waals surface area contributed by atoms with Gasteiger partial charge in [-0.1, -0.05) is 42.5 Å². The lowest BCUT2D eigenvalue weighted by Crippen LogP contribution is -2.56. The van der Waals surface area contributed by atoms with Gasteiger partial charge in [0.05, 0.1) is 0 Å². The van der Waals surface area contributed by atoms with Gasteiger partial charge in [0.1, 0.15) is 5.54 Å². The van der Waals surface area contributed by atoms with Gasteiger partial charge in [0.2, 0.25) is 0 Å². The summed E-state index contributed by atoms with van der Waals surface area (Å²) in [7, 11) is 1.60. The second kappa shape index (κ2) is 7.64. The van der Waals surface area contributed by atoms with Crippen molar-refractivity contribution in [2.45, 2.75) is 38.8 Å². The third kappa shape index (κ3) is 3.33. The molecule has 1 spiro atoms. The Bertz CT molecular complexity index is 931. The number of rotatable bonds is 4. The van der Waals surface area contributed by atoms with E-state index in [1.807, 2.05) is 6.92 Å². The van der Waals surface area contributed by atoms with E-state index in [4.69, 9.17) is 0 Å². The van der Waals surface area contributed by atoms with Crippen molar-refractivity contribution in [3.8, 4) is 11.1 Å². The van der Waals surface area contributed by atoms with E-state index in [2.05, 4.69) is 60.4 Å². The zero-order chi connectivity index (χ0) is 20.6. The van der Waals surface area contributed by atoms with Gasteiger partial charge >= 0.3 is 6.03 Å². The van der Waals surface area contributed by atoms with Crippen molar-refractivity contribution in [2.75, 3.05) is 26.7 Å². The second-order valence-corrected chi connectivity index (χ2v) is 8.21. The molecular formula is C24H29N3O2. The molecule has 2 aliphatic rings. The molecule has 4 rings (SSSR count). The lowest BCUT2D eigenvalue weighted by Gasteiger charge is -2.42. The van der Waals surface area contributed by atoms with E-state index in [0.29, 0.717) is 19.4 Å². The maximum atomic E-state index is 12.8. The van der Waals surface area contributed by atoms with Crippen molar-refractivity contribution in [2.24, 2.45) is 0 Å². The first-order valence-corrected chi connectivity index (χ1v) is 10.4. The average molecular weight is 392 g/mol. The van der Waals surface area contributed by atoms with E-state index < -0.39 is 5.54 Å². The fourth-order valence-electron chi connectivity index (χ4n) is 4.87. The molecule has 5 heteroatoms. The van der Waals surface area contributed by atoms with Crippen LogP contribution in [0.1, 0.15) is 30.9 Å². The van der Waals surface area contributed by atoms with E-state index in [0.717, 1.165) is 19.6 Å². The zero-order valence-corrected chi connectivity index (χ0v) is 17.5. The molecule has 0 saturated carbocycles. The fourth-order valence-corrected chi connectivity index (χ4v) is 4.87.